The highest BCUT2D eigenvalue weighted by atomic mass is 16.3. The Morgan fingerprint density at radius 1 is 1.04 bits per heavy atom. The molecule has 1 amide bonds. The Labute approximate surface area is 152 Å². The summed E-state index contributed by atoms with van der Waals surface area (Å²) in [7, 11) is 1.72. The summed E-state index contributed by atoms with van der Waals surface area (Å²) in [6, 6.07) is 13.2. The standard InChI is InChI=1S/C22H21NO3/c1-12(2)14-6-8-15(9-7-14)19-18-20(24)16-11-13(3)5-10-17(16)26-21(18)22(25)23(19)4/h5-12,19H,1-4H3/t19-/m0/s1. The smallest absolute Gasteiger partial charge is 0.290 e. The predicted octanol–water partition coefficient (Wildman–Crippen LogP) is 4.40. The minimum absolute atomic E-state index is 0.124. The van der Waals surface area contributed by atoms with Gasteiger partial charge in [0.1, 0.15) is 5.58 Å². The van der Waals surface area contributed by atoms with Gasteiger partial charge in [-0.05, 0) is 36.1 Å². The molecule has 0 saturated carbocycles. The molecule has 0 radical (unpaired) electrons. The van der Waals surface area contributed by atoms with Crippen LogP contribution < -0.4 is 5.43 Å². The second-order valence-electron chi connectivity index (χ2n) is 7.31. The topological polar surface area (TPSA) is 50.5 Å². The molecule has 0 saturated heterocycles. The van der Waals surface area contributed by atoms with Gasteiger partial charge < -0.3 is 9.32 Å². The van der Waals surface area contributed by atoms with Crippen molar-refractivity contribution in [3.63, 3.8) is 0 Å². The van der Waals surface area contributed by atoms with Crippen molar-refractivity contribution in [2.45, 2.75) is 32.7 Å². The summed E-state index contributed by atoms with van der Waals surface area (Å²) in [5.41, 5.74) is 3.90. The van der Waals surface area contributed by atoms with Gasteiger partial charge in [-0.1, -0.05) is 49.7 Å². The van der Waals surface area contributed by atoms with E-state index in [0.717, 1.165) is 11.1 Å². The van der Waals surface area contributed by atoms with Crippen LogP contribution >= 0.6 is 0 Å². The maximum absolute atomic E-state index is 13.2. The number of carbonyl (C=O) groups excluding carboxylic acids is 1. The minimum atomic E-state index is -0.417. The lowest BCUT2D eigenvalue weighted by atomic mass is 9.95. The van der Waals surface area contributed by atoms with Crippen LogP contribution in [0.5, 0.6) is 0 Å². The Morgan fingerprint density at radius 2 is 1.73 bits per heavy atom. The van der Waals surface area contributed by atoms with Crippen molar-refractivity contribution in [3.05, 3.63) is 80.7 Å². The lowest BCUT2D eigenvalue weighted by Gasteiger charge is -2.20. The molecule has 26 heavy (non-hydrogen) atoms. The monoisotopic (exact) mass is 347 g/mol. The van der Waals surface area contributed by atoms with Gasteiger partial charge in [-0.25, -0.2) is 0 Å². The summed E-state index contributed by atoms with van der Waals surface area (Å²) in [6.45, 7) is 6.21. The van der Waals surface area contributed by atoms with Crippen LogP contribution in [-0.2, 0) is 0 Å². The molecular formula is C22H21NO3. The van der Waals surface area contributed by atoms with Gasteiger partial charge in [0.05, 0.1) is 17.0 Å². The quantitative estimate of drug-likeness (QED) is 0.690. The molecule has 0 aliphatic carbocycles. The van der Waals surface area contributed by atoms with Gasteiger partial charge in [0.25, 0.3) is 5.91 Å². The summed E-state index contributed by atoms with van der Waals surface area (Å²) >= 11 is 0. The third-order valence-corrected chi connectivity index (χ3v) is 5.18. The molecule has 4 heteroatoms. The second kappa shape index (κ2) is 5.84. The fourth-order valence-corrected chi connectivity index (χ4v) is 3.66. The predicted molar refractivity (Wildman–Crippen MR) is 102 cm³/mol. The maximum atomic E-state index is 13.2. The lowest BCUT2D eigenvalue weighted by Crippen LogP contribution is -2.25. The normalized spacial score (nSPS) is 16.6. The summed E-state index contributed by atoms with van der Waals surface area (Å²) < 4.78 is 5.85. The van der Waals surface area contributed by atoms with Gasteiger partial charge in [-0.2, -0.15) is 0 Å². The van der Waals surface area contributed by atoms with Gasteiger partial charge in [-0.15, -0.1) is 0 Å². The van der Waals surface area contributed by atoms with Crippen molar-refractivity contribution in [2.24, 2.45) is 0 Å². The fourth-order valence-electron chi connectivity index (χ4n) is 3.66. The first-order valence-electron chi connectivity index (χ1n) is 8.83. The van der Waals surface area contributed by atoms with E-state index in [-0.39, 0.29) is 17.1 Å². The molecule has 0 spiro atoms. The van der Waals surface area contributed by atoms with Gasteiger partial charge in [-0.3, -0.25) is 9.59 Å². The van der Waals surface area contributed by atoms with Gasteiger partial charge in [0, 0.05) is 7.05 Å². The van der Waals surface area contributed by atoms with Crippen LogP contribution in [0.4, 0.5) is 0 Å². The highest BCUT2D eigenvalue weighted by Crippen LogP contribution is 2.37. The summed E-state index contributed by atoms with van der Waals surface area (Å²) in [6.07, 6.45) is 0. The number of rotatable bonds is 2. The van der Waals surface area contributed by atoms with Crippen LogP contribution in [0.1, 0.15) is 58.6 Å². The van der Waals surface area contributed by atoms with Crippen molar-refractivity contribution in [1.82, 2.24) is 4.90 Å². The first-order chi connectivity index (χ1) is 12.4. The van der Waals surface area contributed by atoms with Crippen LogP contribution in [0.15, 0.2) is 51.7 Å². The molecule has 0 N–H and O–H groups in total. The molecule has 0 fully saturated rings. The average molecular weight is 347 g/mol. The van der Waals surface area contributed by atoms with Crippen molar-refractivity contribution in [2.75, 3.05) is 7.05 Å². The molecule has 4 rings (SSSR count). The van der Waals surface area contributed by atoms with E-state index in [2.05, 4.69) is 26.0 Å². The minimum Gasteiger partial charge on any atom is -0.450 e. The zero-order chi connectivity index (χ0) is 18.6. The number of aryl methyl sites for hydroxylation is 1. The SMILES string of the molecule is Cc1ccc2oc3c(c(=O)c2c1)[C@H](c1ccc(C(C)C)cc1)N(C)C3=O. The van der Waals surface area contributed by atoms with E-state index in [9.17, 15) is 9.59 Å². The number of hydrogen-bond acceptors (Lipinski definition) is 3. The molecule has 3 aromatic rings. The third kappa shape index (κ3) is 2.37. The lowest BCUT2D eigenvalue weighted by molar-refractivity contribution is 0.0771. The Kier molecular flexibility index (Phi) is 3.72. The molecule has 4 nitrogen and oxygen atoms in total. The Hall–Kier alpha value is -2.88. The second-order valence-corrected chi connectivity index (χ2v) is 7.31. The molecule has 0 bridgehead atoms. The Balaban J connectivity index is 1.94. The number of carbonyl (C=O) groups is 1. The molecule has 1 aromatic heterocycles. The van der Waals surface area contributed by atoms with E-state index in [1.807, 2.05) is 31.2 Å². The van der Waals surface area contributed by atoms with Crippen molar-refractivity contribution < 1.29 is 9.21 Å². The van der Waals surface area contributed by atoms with E-state index < -0.39 is 6.04 Å². The first-order valence-corrected chi connectivity index (χ1v) is 8.83. The summed E-state index contributed by atoms with van der Waals surface area (Å²) in [5, 5.41) is 0.524. The van der Waals surface area contributed by atoms with Crippen LogP contribution in [0, 0.1) is 6.92 Å². The van der Waals surface area contributed by atoms with Crippen LogP contribution in [0.25, 0.3) is 11.0 Å². The van der Waals surface area contributed by atoms with E-state index in [0.29, 0.717) is 22.5 Å². The van der Waals surface area contributed by atoms with Crippen LogP contribution in [0.2, 0.25) is 0 Å². The van der Waals surface area contributed by atoms with Crippen molar-refractivity contribution in [3.8, 4) is 0 Å². The Bertz CT molecular complexity index is 1080. The van der Waals surface area contributed by atoms with Crippen molar-refractivity contribution >= 4 is 16.9 Å². The molecule has 1 aliphatic rings. The van der Waals surface area contributed by atoms with Gasteiger partial charge in [0.2, 0.25) is 5.76 Å². The molecule has 1 aliphatic heterocycles. The zero-order valence-corrected chi connectivity index (χ0v) is 15.4. The molecular weight excluding hydrogens is 326 g/mol. The van der Waals surface area contributed by atoms with E-state index in [1.54, 1.807) is 18.0 Å². The first kappa shape index (κ1) is 16.6. The molecule has 132 valence electrons. The summed E-state index contributed by atoms with van der Waals surface area (Å²) in [4.78, 5) is 27.5. The fraction of sp³-hybridized carbons (Fsp3) is 0.273. The molecule has 2 heterocycles. The van der Waals surface area contributed by atoms with Crippen LogP contribution in [0.3, 0.4) is 0 Å². The summed E-state index contributed by atoms with van der Waals surface area (Å²) in [5.74, 6) is 0.334. The Morgan fingerprint density at radius 3 is 2.38 bits per heavy atom. The number of nitrogens with zero attached hydrogens (tertiary/aromatic N) is 1. The van der Waals surface area contributed by atoms with E-state index >= 15 is 0 Å². The van der Waals surface area contributed by atoms with Crippen molar-refractivity contribution in [1.29, 1.82) is 0 Å². The number of amides is 1. The number of hydrogen-bond donors (Lipinski definition) is 0. The van der Waals surface area contributed by atoms with E-state index in [1.165, 1.54) is 5.56 Å². The largest absolute Gasteiger partial charge is 0.450 e. The van der Waals surface area contributed by atoms with E-state index in [4.69, 9.17) is 4.42 Å². The maximum Gasteiger partial charge on any atom is 0.290 e. The third-order valence-electron chi connectivity index (χ3n) is 5.18. The van der Waals surface area contributed by atoms with Crippen LogP contribution in [-0.4, -0.2) is 17.9 Å². The molecule has 0 unspecified atom stereocenters. The highest BCUT2D eigenvalue weighted by Gasteiger charge is 2.40. The van der Waals surface area contributed by atoms with Gasteiger partial charge in [0.15, 0.2) is 5.43 Å². The molecule has 1 atom stereocenters. The zero-order valence-electron chi connectivity index (χ0n) is 15.4. The average Bonchev–Trinajstić information content (AvgIpc) is 2.87. The number of fused-ring (bicyclic) bond motifs is 2. The van der Waals surface area contributed by atoms with Gasteiger partial charge >= 0.3 is 0 Å². The highest BCUT2D eigenvalue weighted by molar-refractivity contribution is 5.98. The number of benzene rings is 2. The molecule has 2 aromatic carbocycles.